The van der Waals surface area contributed by atoms with E-state index in [9.17, 15) is 0 Å². The SMILES string of the molecule is Cc1cc(-c2cccc(C3=CC=CC(c4cc(-c5ccc(C6=CC=CCC6)cc5)nc(-c5ccccc5)n4)=CC3)c2)nc2c1CCc1ccc(-c3ccccc3)nc1-2. The first-order valence-corrected chi connectivity index (χ1v) is 20.3. The Bertz CT molecular complexity index is 2840. The van der Waals surface area contributed by atoms with Gasteiger partial charge >= 0.3 is 0 Å². The molecule has 278 valence electrons. The minimum Gasteiger partial charge on any atom is -0.246 e. The Morgan fingerprint density at radius 3 is 1.97 bits per heavy atom. The first-order valence-electron chi connectivity index (χ1n) is 20.3. The summed E-state index contributed by atoms with van der Waals surface area (Å²) in [6.07, 6.45) is 20.3. The Balaban J connectivity index is 0.954. The summed E-state index contributed by atoms with van der Waals surface area (Å²) >= 11 is 0. The van der Waals surface area contributed by atoms with Crippen LogP contribution in [0, 0.1) is 6.92 Å². The molecule has 4 heteroatoms. The highest BCUT2D eigenvalue weighted by Gasteiger charge is 2.23. The van der Waals surface area contributed by atoms with Gasteiger partial charge in [0.1, 0.15) is 0 Å². The van der Waals surface area contributed by atoms with Crippen LogP contribution in [-0.4, -0.2) is 19.9 Å². The maximum atomic E-state index is 5.34. The van der Waals surface area contributed by atoms with Gasteiger partial charge in [-0.1, -0.05) is 152 Å². The van der Waals surface area contributed by atoms with E-state index in [-0.39, 0.29) is 0 Å². The first-order chi connectivity index (χ1) is 28.6. The van der Waals surface area contributed by atoms with E-state index < -0.39 is 0 Å². The lowest BCUT2D eigenvalue weighted by molar-refractivity contribution is 0.903. The van der Waals surface area contributed by atoms with E-state index in [0.717, 1.165) is 99.9 Å². The van der Waals surface area contributed by atoms with Crippen LogP contribution in [0.4, 0.5) is 0 Å². The number of nitrogens with zero attached hydrogens (tertiary/aromatic N) is 4. The topological polar surface area (TPSA) is 51.6 Å². The highest BCUT2D eigenvalue weighted by Crippen LogP contribution is 2.38. The summed E-state index contributed by atoms with van der Waals surface area (Å²) in [5.41, 5.74) is 20.0. The Hall–Kier alpha value is -7.04. The summed E-state index contributed by atoms with van der Waals surface area (Å²) in [4.78, 5) is 20.8. The second kappa shape index (κ2) is 15.5. The van der Waals surface area contributed by atoms with Crippen LogP contribution in [-0.2, 0) is 12.8 Å². The van der Waals surface area contributed by atoms with Crippen LogP contribution >= 0.6 is 0 Å². The molecule has 0 atom stereocenters. The van der Waals surface area contributed by atoms with Gasteiger partial charge in [-0.3, -0.25) is 0 Å². The standard InChI is InChI=1S/C54H42N4/c1-36-33-49(56-53-47(36)31-29-43-30-32-48(55-52(43)53)40-15-7-3-8-16-40)46-22-12-21-45(34-46)38-19-11-20-41(26-23-38)50-35-51(58-54(57-50)44-17-9-4-10-18-44)42-27-24-39(25-28-42)37-13-5-2-6-14-37/h2-5,7-13,15-22,24-28,30,32-35H,6,14,23,29,31H2,1H3. The number of allylic oxidation sites excluding steroid dienone is 10. The average molecular weight is 747 g/mol. The van der Waals surface area contributed by atoms with Gasteiger partial charge in [0.15, 0.2) is 5.82 Å². The molecule has 0 amide bonds. The van der Waals surface area contributed by atoms with Crippen LogP contribution in [0.1, 0.15) is 52.8 Å². The molecular weight excluding hydrogens is 705 g/mol. The van der Waals surface area contributed by atoms with Crippen LogP contribution in [0.25, 0.3) is 73.3 Å². The number of hydrogen-bond acceptors (Lipinski definition) is 4. The number of rotatable bonds is 7. The van der Waals surface area contributed by atoms with Crippen molar-refractivity contribution in [2.75, 3.05) is 0 Å². The molecule has 3 aliphatic carbocycles. The molecule has 0 N–H and O–H groups in total. The van der Waals surface area contributed by atoms with Gasteiger partial charge in [0, 0.05) is 22.3 Å². The summed E-state index contributed by atoms with van der Waals surface area (Å²) in [6.45, 7) is 2.22. The van der Waals surface area contributed by atoms with Gasteiger partial charge in [-0.25, -0.2) is 19.9 Å². The predicted molar refractivity (Wildman–Crippen MR) is 239 cm³/mol. The van der Waals surface area contributed by atoms with E-state index in [1.807, 2.05) is 24.3 Å². The minimum atomic E-state index is 0.721. The van der Waals surface area contributed by atoms with E-state index in [4.69, 9.17) is 19.9 Å². The van der Waals surface area contributed by atoms with Gasteiger partial charge in [-0.2, -0.15) is 0 Å². The Labute approximate surface area is 340 Å². The summed E-state index contributed by atoms with van der Waals surface area (Å²) in [5, 5.41) is 0. The third-order valence-electron chi connectivity index (χ3n) is 11.5. The molecule has 3 heterocycles. The molecule has 0 saturated heterocycles. The van der Waals surface area contributed by atoms with E-state index in [2.05, 4.69) is 159 Å². The molecule has 0 radical (unpaired) electrons. The molecule has 10 rings (SSSR count). The highest BCUT2D eigenvalue weighted by atomic mass is 14.9. The van der Waals surface area contributed by atoms with Gasteiger partial charge in [0.05, 0.1) is 34.2 Å². The zero-order chi connectivity index (χ0) is 38.8. The molecule has 0 saturated carbocycles. The quantitative estimate of drug-likeness (QED) is 0.163. The second-order valence-corrected chi connectivity index (χ2v) is 15.3. The van der Waals surface area contributed by atoms with Crippen molar-refractivity contribution >= 4 is 16.7 Å². The van der Waals surface area contributed by atoms with E-state index in [1.165, 1.54) is 39.0 Å². The molecule has 3 aromatic heterocycles. The zero-order valence-corrected chi connectivity index (χ0v) is 32.6. The molecule has 0 fully saturated rings. The summed E-state index contributed by atoms with van der Waals surface area (Å²) < 4.78 is 0. The normalized spacial score (nSPS) is 14.5. The Kier molecular flexibility index (Phi) is 9.44. The van der Waals surface area contributed by atoms with Gasteiger partial charge in [0.25, 0.3) is 0 Å². The molecule has 0 spiro atoms. The van der Waals surface area contributed by atoms with Crippen molar-refractivity contribution in [1.82, 2.24) is 19.9 Å². The monoisotopic (exact) mass is 746 g/mol. The van der Waals surface area contributed by atoms with Crippen molar-refractivity contribution < 1.29 is 0 Å². The lowest BCUT2D eigenvalue weighted by atomic mass is 9.88. The van der Waals surface area contributed by atoms with E-state index in [1.54, 1.807) is 0 Å². The van der Waals surface area contributed by atoms with Crippen molar-refractivity contribution in [3.8, 4) is 56.5 Å². The van der Waals surface area contributed by atoms with Crippen LogP contribution < -0.4 is 0 Å². The third kappa shape index (κ3) is 7.10. The fourth-order valence-electron chi connectivity index (χ4n) is 8.35. The van der Waals surface area contributed by atoms with Crippen molar-refractivity contribution in [2.45, 2.75) is 39.0 Å². The van der Waals surface area contributed by atoms with Crippen LogP contribution in [0.15, 0.2) is 176 Å². The number of hydrogen-bond donors (Lipinski definition) is 0. The lowest BCUT2D eigenvalue weighted by Crippen LogP contribution is -2.10. The molecule has 4 aromatic carbocycles. The average Bonchev–Trinajstić information content (AvgIpc) is 3.56. The van der Waals surface area contributed by atoms with Crippen molar-refractivity contribution in [1.29, 1.82) is 0 Å². The van der Waals surface area contributed by atoms with Gasteiger partial charge in [-0.05, 0) is 108 Å². The van der Waals surface area contributed by atoms with Gasteiger partial charge in [-0.15, -0.1) is 0 Å². The smallest absolute Gasteiger partial charge is 0.160 e. The second-order valence-electron chi connectivity index (χ2n) is 15.3. The third-order valence-corrected chi connectivity index (χ3v) is 11.5. The number of benzene rings is 4. The molecule has 58 heavy (non-hydrogen) atoms. The molecule has 3 aliphatic rings. The Morgan fingerprint density at radius 2 is 1.16 bits per heavy atom. The Morgan fingerprint density at radius 1 is 0.466 bits per heavy atom. The number of fused-ring (bicyclic) bond motifs is 3. The minimum absolute atomic E-state index is 0.721. The predicted octanol–water partition coefficient (Wildman–Crippen LogP) is 13.2. The zero-order valence-electron chi connectivity index (χ0n) is 32.6. The van der Waals surface area contributed by atoms with Gasteiger partial charge in [0.2, 0.25) is 0 Å². The molecular formula is C54H42N4. The fourth-order valence-corrected chi connectivity index (χ4v) is 8.35. The van der Waals surface area contributed by atoms with E-state index >= 15 is 0 Å². The number of pyridine rings is 2. The largest absolute Gasteiger partial charge is 0.246 e. The fraction of sp³-hybridized carbons (Fsp3) is 0.111. The first kappa shape index (κ1) is 35.4. The van der Waals surface area contributed by atoms with Crippen LogP contribution in [0.2, 0.25) is 0 Å². The van der Waals surface area contributed by atoms with Crippen LogP contribution in [0.3, 0.4) is 0 Å². The summed E-state index contributed by atoms with van der Waals surface area (Å²) in [5.74, 6) is 0.721. The maximum absolute atomic E-state index is 5.34. The van der Waals surface area contributed by atoms with E-state index in [0.29, 0.717) is 0 Å². The molecule has 0 aliphatic heterocycles. The highest BCUT2D eigenvalue weighted by molar-refractivity contribution is 5.83. The molecule has 0 bridgehead atoms. The van der Waals surface area contributed by atoms with Crippen LogP contribution in [0.5, 0.6) is 0 Å². The summed E-state index contributed by atoms with van der Waals surface area (Å²) in [6, 6.07) is 47.1. The molecule has 4 nitrogen and oxygen atoms in total. The molecule has 0 unspecified atom stereocenters. The van der Waals surface area contributed by atoms with Crippen molar-refractivity contribution in [2.24, 2.45) is 0 Å². The van der Waals surface area contributed by atoms with Crippen molar-refractivity contribution in [3.63, 3.8) is 0 Å². The lowest BCUT2D eigenvalue weighted by Gasteiger charge is -2.22. The van der Waals surface area contributed by atoms with Crippen molar-refractivity contribution in [3.05, 3.63) is 210 Å². The van der Waals surface area contributed by atoms with Gasteiger partial charge < -0.3 is 0 Å². The number of aryl methyl sites for hydroxylation is 2. The maximum Gasteiger partial charge on any atom is 0.160 e. The number of aromatic nitrogens is 4. The molecule has 7 aromatic rings. The summed E-state index contributed by atoms with van der Waals surface area (Å²) in [7, 11) is 0.